The number of benzene rings is 1. The number of hydrogen-bond acceptors (Lipinski definition) is 3. The van der Waals surface area contributed by atoms with E-state index in [4.69, 9.17) is 5.11 Å². The van der Waals surface area contributed by atoms with E-state index < -0.39 is 5.97 Å². The Morgan fingerprint density at radius 1 is 1.30 bits per heavy atom. The van der Waals surface area contributed by atoms with Crippen molar-refractivity contribution < 1.29 is 14.7 Å². The summed E-state index contributed by atoms with van der Waals surface area (Å²) in [5.41, 5.74) is 2.18. The summed E-state index contributed by atoms with van der Waals surface area (Å²) in [5, 5.41) is 11.5. The van der Waals surface area contributed by atoms with Crippen LogP contribution in [0.5, 0.6) is 0 Å². The molecule has 0 radical (unpaired) electrons. The Balaban J connectivity index is 2.42. The molecule has 0 aliphatic carbocycles. The van der Waals surface area contributed by atoms with Crippen molar-refractivity contribution in [2.45, 2.75) is 13.5 Å². The molecule has 0 spiro atoms. The van der Waals surface area contributed by atoms with Gasteiger partial charge in [-0.2, -0.15) is 0 Å². The maximum absolute atomic E-state index is 11.8. The second-order valence-electron chi connectivity index (χ2n) is 4.61. The zero-order chi connectivity index (χ0) is 15.0. The summed E-state index contributed by atoms with van der Waals surface area (Å²) in [4.78, 5) is 24.0. The van der Waals surface area contributed by atoms with E-state index in [0.717, 1.165) is 5.56 Å². The van der Waals surface area contributed by atoms with Crippen LogP contribution in [0.15, 0.2) is 36.9 Å². The molecule has 0 atom stereocenters. The lowest BCUT2D eigenvalue weighted by atomic mass is 10.1. The number of carbonyl (C=O) groups is 2. The molecule has 108 valence electrons. The van der Waals surface area contributed by atoms with Crippen LogP contribution in [0.3, 0.4) is 0 Å². The standard InChI is InChI=1S/C15H20N2O3/c1-3-8-17(11-15(19)20)10-14(18)16-9-13-6-4-12(2)5-7-13/h3-7H,1,8-11H2,2H3,(H,16,18)(H,19,20). The number of nitrogens with zero attached hydrogens (tertiary/aromatic N) is 1. The predicted molar refractivity (Wildman–Crippen MR) is 77.3 cm³/mol. The van der Waals surface area contributed by atoms with E-state index in [1.165, 1.54) is 10.5 Å². The van der Waals surface area contributed by atoms with E-state index in [9.17, 15) is 9.59 Å². The molecule has 20 heavy (non-hydrogen) atoms. The number of carboxylic acid groups (broad SMARTS) is 1. The molecule has 1 aromatic carbocycles. The highest BCUT2D eigenvalue weighted by molar-refractivity contribution is 5.79. The Morgan fingerprint density at radius 3 is 2.50 bits per heavy atom. The van der Waals surface area contributed by atoms with Crippen LogP contribution in [0, 0.1) is 6.92 Å². The Kier molecular flexibility index (Phi) is 6.46. The van der Waals surface area contributed by atoms with Gasteiger partial charge in [-0.3, -0.25) is 14.5 Å². The van der Waals surface area contributed by atoms with Gasteiger partial charge in [-0.25, -0.2) is 0 Å². The van der Waals surface area contributed by atoms with E-state index in [1.807, 2.05) is 31.2 Å². The van der Waals surface area contributed by atoms with Crippen LogP contribution in [0.4, 0.5) is 0 Å². The molecule has 0 saturated heterocycles. The smallest absolute Gasteiger partial charge is 0.317 e. The number of carboxylic acids is 1. The summed E-state index contributed by atoms with van der Waals surface area (Å²) in [6, 6.07) is 7.87. The average molecular weight is 276 g/mol. The van der Waals surface area contributed by atoms with Gasteiger partial charge < -0.3 is 10.4 Å². The van der Waals surface area contributed by atoms with Crippen LogP contribution >= 0.6 is 0 Å². The first kappa shape index (κ1) is 15.9. The number of aliphatic carboxylic acids is 1. The monoisotopic (exact) mass is 276 g/mol. The molecular formula is C15H20N2O3. The highest BCUT2D eigenvalue weighted by Crippen LogP contribution is 2.02. The van der Waals surface area contributed by atoms with Gasteiger partial charge >= 0.3 is 5.97 Å². The van der Waals surface area contributed by atoms with Crippen molar-refractivity contribution in [2.75, 3.05) is 19.6 Å². The summed E-state index contributed by atoms with van der Waals surface area (Å²) >= 11 is 0. The van der Waals surface area contributed by atoms with Gasteiger partial charge in [0.2, 0.25) is 5.91 Å². The van der Waals surface area contributed by atoms with Crippen molar-refractivity contribution in [2.24, 2.45) is 0 Å². The molecule has 0 bridgehead atoms. The van der Waals surface area contributed by atoms with Crippen LogP contribution < -0.4 is 5.32 Å². The van der Waals surface area contributed by atoms with Gasteiger partial charge in [0.1, 0.15) is 0 Å². The summed E-state index contributed by atoms with van der Waals surface area (Å²) in [7, 11) is 0. The van der Waals surface area contributed by atoms with Gasteiger partial charge in [-0.1, -0.05) is 35.9 Å². The molecule has 1 rings (SSSR count). The van der Waals surface area contributed by atoms with Gasteiger partial charge in [0, 0.05) is 13.1 Å². The lowest BCUT2D eigenvalue weighted by Gasteiger charge is -2.17. The molecule has 0 unspecified atom stereocenters. The SMILES string of the molecule is C=CCN(CC(=O)O)CC(=O)NCc1ccc(C)cc1. The van der Waals surface area contributed by atoms with E-state index >= 15 is 0 Å². The second kappa shape index (κ2) is 8.12. The predicted octanol–water partition coefficient (Wildman–Crippen LogP) is 1.18. The third kappa shape index (κ3) is 6.15. The fourth-order valence-corrected chi connectivity index (χ4v) is 1.72. The van der Waals surface area contributed by atoms with Gasteiger partial charge in [0.05, 0.1) is 13.1 Å². The molecule has 0 aliphatic heterocycles. The third-order valence-corrected chi connectivity index (χ3v) is 2.72. The molecule has 0 heterocycles. The third-order valence-electron chi connectivity index (χ3n) is 2.72. The summed E-state index contributed by atoms with van der Waals surface area (Å²) in [5.74, 6) is -1.16. The normalized spacial score (nSPS) is 10.3. The first-order valence-electron chi connectivity index (χ1n) is 6.38. The van der Waals surface area contributed by atoms with E-state index in [0.29, 0.717) is 13.1 Å². The van der Waals surface area contributed by atoms with Gasteiger partial charge in [-0.15, -0.1) is 6.58 Å². The Labute approximate surface area is 118 Å². The Hall–Kier alpha value is -2.14. The minimum absolute atomic E-state index is 0.0458. The molecule has 2 N–H and O–H groups in total. The van der Waals surface area contributed by atoms with E-state index in [1.54, 1.807) is 6.08 Å². The minimum atomic E-state index is -0.960. The molecule has 0 fully saturated rings. The molecule has 5 nitrogen and oxygen atoms in total. The van der Waals surface area contributed by atoms with Crippen molar-refractivity contribution in [3.63, 3.8) is 0 Å². The van der Waals surface area contributed by atoms with Crippen molar-refractivity contribution in [3.8, 4) is 0 Å². The molecule has 0 aliphatic rings. The fraction of sp³-hybridized carbons (Fsp3) is 0.333. The van der Waals surface area contributed by atoms with Gasteiger partial charge in [-0.05, 0) is 12.5 Å². The average Bonchev–Trinajstić information content (AvgIpc) is 2.37. The summed E-state index contributed by atoms with van der Waals surface area (Å²) < 4.78 is 0. The molecular weight excluding hydrogens is 256 g/mol. The highest BCUT2D eigenvalue weighted by Gasteiger charge is 2.12. The van der Waals surface area contributed by atoms with Crippen molar-refractivity contribution in [3.05, 3.63) is 48.0 Å². The second-order valence-corrected chi connectivity index (χ2v) is 4.61. The van der Waals surface area contributed by atoms with Crippen LogP contribution in [0.1, 0.15) is 11.1 Å². The first-order chi connectivity index (χ1) is 9.51. The summed E-state index contributed by atoms with van der Waals surface area (Å²) in [6.07, 6.45) is 1.58. The lowest BCUT2D eigenvalue weighted by molar-refractivity contribution is -0.138. The highest BCUT2D eigenvalue weighted by atomic mass is 16.4. The van der Waals surface area contributed by atoms with Crippen molar-refractivity contribution >= 4 is 11.9 Å². The van der Waals surface area contributed by atoms with Gasteiger partial charge in [0.25, 0.3) is 0 Å². The quantitative estimate of drug-likeness (QED) is 0.700. The Morgan fingerprint density at radius 2 is 1.95 bits per heavy atom. The minimum Gasteiger partial charge on any atom is -0.480 e. The Bertz CT molecular complexity index is 469. The topological polar surface area (TPSA) is 69.6 Å². The number of hydrogen-bond donors (Lipinski definition) is 2. The van der Waals surface area contributed by atoms with Crippen LogP contribution in [0.25, 0.3) is 0 Å². The van der Waals surface area contributed by atoms with Crippen LogP contribution in [-0.4, -0.2) is 41.5 Å². The number of carbonyl (C=O) groups excluding carboxylic acids is 1. The number of rotatable bonds is 8. The number of amides is 1. The number of aryl methyl sites for hydroxylation is 1. The molecule has 0 saturated carbocycles. The molecule has 0 aromatic heterocycles. The van der Waals surface area contributed by atoms with Crippen LogP contribution in [-0.2, 0) is 16.1 Å². The zero-order valence-electron chi connectivity index (χ0n) is 11.6. The summed E-state index contributed by atoms with van der Waals surface area (Å²) in [6.45, 7) is 6.23. The van der Waals surface area contributed by atoms with E-state index in [-0.39, 0.29) is 19.0 Å². The van der Waals surface area contributed by atoms with Crippen LogP contribution in [0.2, 0.25) is 0 Å². The molecule has 1 amide bonds. The number of nitrogens with one attached hydrogen (secondary N) is 1. The molecule has 5 heteroatoms. The largest absolute Gasteiger partial charge is 0.480 e. The first-order valence-corrected chi connectivity index (χ1v) is 6.38. The maximum Gasteiger partial charge on any atom is 0.317 e. The maximum atomic E-state index is 11.8. The molecule has 1 aromatic rings. The van der Waals surface area contributed by atoms with Crippen molar-refractivity contribution in [1.29, 1.82) is 0 Å². The lowest BCUT2D eigenvalue weighted by Crippen LogP contribution is -2.39. The van der Waals surface area contributed by atoms with Gasteiger partial charge in [0.15, 0.2) is 0 Å². The fourth-order valence-electron chi connectivity index (χ4n) is 1.72. The van der Waals surface area contributed by atoms with E-state index in [2.05, 4.69) is 11.9 Å². The van der Waals surface area contributed by atoms with Crippen molar-refractivity contribution in [1.82, 2.24) is 10.2 Å². The zero-order valence-corrected chi connectivity index (χ0v) is 11.6.